The summed E-state index contributed by atoms with van der Waals surface area (Å²) in [5.74, 6) is 1.42. The van der Waals surface area contributed by atoms with Crippen LogP contribution in [0.3, 0.4) is 0 Å². The Balaban J connectivity index is 1.30. The molecule has 0 unspecified atom stereocenters. The number of hydrogen-bond donors (Lipinski definition) is 0. The van der Waals surface area contributed by atoms with E-state index in [0.717, 1.165) is 70.8 Å². The highest BCUT2D eigenvalue weighted by molar-refractivity contribution is 5.79. The van der Waals surface area contributed by atoms with Gasteiger partial charge in [0.2, 0.25) is 5.91 Å². The summed E-state index contributed by atoms with van der Waals surface area (Å²) < 4.78 is 5.38. The number of hydrogen-bond acceptors (Lipinski definition) is 6. The lowest BCUT2D eigenvalue weighted by Gasteiger charge is -2.43. The van der Waals surface area contributed by atoms with Gasteiger partial charge in [0.1, 0.15) is 11.9 Å². The van der Waals surface area contributed by atoms with Gasteiger partial charge in [0.25, 0.3) is 0 Å². The van der Waals surface area contributed by atoms with Crippen LogP contribution in [0.2, 0.25) is 0 Å². The summed E-state index contributed by atoms with van der Waals surface area (Å²) in [6, 6.07) is 6.44. The number of amides is 1. The second-order valence-electron chi connectivity index (χ2n) is 8.01. The molecular weight excluding hydrogens is 354 g/mol. The average molecular weight is 383 g/mol. The zero-order valence-corrected chi connectivity index (χ0v) is 16.4. The quantitative estimate of drug-likeness (QED) is 0.788. The topological polar surface area (TPSA) is 72.7 Å². The largest absolute Gasteiger partial charge is 0.378 e. The minimum atomic E-state index is 0.144. The van der Waals surface area contributed by atoms with Crippen molar-refractivity contribution in [3.8, 4) is 6.07 Å². The molecule has 3 fully saturated rings. The first kappa shape index (κ1) is 19.2. The second kappa shape index (κ2) is 8.89. The SMILES string of the molecule is N#Cc1ccc(N2CCC(N3CCC[C@@H](C(=O)N4CCOCC4)C3)CC2)nc1. The van der Waals surface area contributed by atoms with Crippen LogP contribution in [-0.2, 0) is 9.53 Å². The van der Waals surface area contributed by atoms with Crippen LogP contribution in [0.4, 0.5) is 5.82 Å². The molecule has 1 aromatic rings. The summed E-state index contributed by atoms with van der Waals surface area (Å²) in [5, 5.41) is 8.92. The Bertz CT molecular complexity index is 703. The maximum atomic E-state index is 12.9. The molecule has 4 rings (SSSR count). The van der Waals surface area contributed by atoms with E-state index >= 15 is 0 Å². The van der Waals surface area contributed by atoms with Crippen molar-refractivity contribution in [1.29, 1.82) is 5.26 Å². The van der Waals surface area contributed by atoms with E-state index in [0.29, 0.717) is 30.7 Å². The van der Waals surface area contributed by atoms with Gasteiger partial charge in [-0.3, -0.25) is 9.69 Å². The lowest BCUT2D eigenvalue weighted by molar-refractivity contribution is -0.141. The molecule has 4 heterocycles. The Morgan fingerprint density at radius 3 is 2.57 bits per heavy atom. The van der Waals surface area contributed by atoms with Crippen molar-refractivity contribution in [2.75, 3.05) is 57.4 Å². The number of anilines is 1. The van der Waals surface area contributed by atoms with Crippen molar-refractivity contribution in [3.05, 3.63) is 23.9 Å². The number of nitrogens with zero attached hydrogens (tertiary/aromatic N) is 5. The number of morpholine rings is 1. The first-order valence-electron chi connectivity index (χ1n) is 10.5. The van der Waals surface area contributed by atoms with E-state index in [1.54, 1.807) is 6.20 Å². The highest BCUT2D eigenvalue weighted by Gasteiger charge is 2.34. The number of ether oxygens (including phenoxy) is 1. The van der Waals surface area contributed by atoms with Crippen LogP contribution >= 0.6 is 0 Å². The van der Waals surface area contributed by atoms with Gasteiger partial charge in [-0.15, -0.1) is 0 Å². The normalized spacial score (nSPS) is 24.8. The highest BCUT2D eigenvalue weighted by Crippen LogP contribution is 2.26. The van der Waals surface area contributed by atoms with Gasteiger partial charge in [0.15, 0.2) is 0 Å². The summed E-state index contributed by atoms with van der Waals surface area (Å²) in [6.45, 7) is 6.78. The van der Waals surface area contributed by atoms with Crippen LogP contribution < -0.4 is 4.90 Å². The van der Waals surface area contributed by atoms with E-state index < -0.39 is 0 Å². The summed E-state index contributed by atoms with van der Waals surface area (Å²) in [7, 11) is 0. The highest BCUT2D eigenvalue weighted by atomic mass is 16.5. The van der Waals surface area contributed by atoms with Crippen molar-refractivity contribution >= 4 is 11.7 Å². The number of aromatic nitrogens is 1. The standard InChI is InChI=1S/C21H29N5O2/c22-14-17-3-4-20(23-15-17)24-8-5-19(6-9-24)26-7-1-2-18(16-26)21(27)25-10-12-28-13-11-25/h3-4,15,18-19H,1-2,5-13,16H2/t18-/m1/s1. The minimum absolute atomic E-state index is 0.144. The van der Waals surface area contributed by atoms with Crippen LogP contribution in [0.1, 0.15) is 31.2 Å². The smallest absolute Gasteiger partial charge is 0.227 e. The molecule has 150 valence electrons. The molecule has 0 aromatic carbocycles. The first-order chi connectivity index (χ1) is 13.7. The monoisotopic (exact) mass is 383 g/mol. The molecule has 0 saturated carbocycles. The molecule has 0 N–H and O–H groups in total. The van der Waals surface area contributed by atoms with Gasteiger partial charge in [-0.05, 0) is 44.4 Å². The Hall–Kier alpha value is -2.17. The molecule has 0 radical (unpaired) electrons. The van der Waals surface area contributed by atoms with Gasteiger partial charge in [0.05, 0.1) is 24.7 Å². The third kappa shape index (κ3) is 4.29. The van der Waals surface area contributed by atoms with Crippen LogP contribution in [0.25, 0.3) is 0 Å². The number of carbonyl (C=O) groups is 1. The first-order valence-corrected chi connectivity index (χ1v) is 10.5. The molecule has 3 aliphatic rings. The molecule has 3 aliphatic heterocycles. The second-order valence-corrected chi connectivity index (χ2v) is 8.01. The van der Waals surface area contributed by atoms with Crippen molar-refractivity contribution in [3.63, 3.8) is 0 Å². The fourth-order valence-electron chi connectivity index (χ4n) is 4.68. The van der Waals surface area contributed by atoms with Crippen LogP contribution in [-0.4, -0.2) is 79.2 Å². The van der Waals surface area contributed by atoms with E-state index in [-0.39, 0.29) is 5.92 Å². The van der Waals surface area contributed by atoms with Crippen LogP contribution in [0.5, 0.6) is 0 Å². The molecule has 3 saturated heterocycles. The van der Waals surface area contributed by atoms with Gasteiger partial charge in [0, 0.05) is 45.0 Å². The van der Waals surface area contributed by atoms with Gasteiger partial charge in [-0.1, -0.05) is 0 Å². The Morgan fingerprint density at radius 1 is 1.11 bits per heavy atom. The molecule has 7 nitrogen and oxygen atoms in total. The molecule has 1 aromatic heterocycles. The number of piperidine rings is 2. The molecule has 0 aliphatic carbocycles. The zero-order valence-electron chi connectivity index (χ0n) is 16.4. The number of rotatable bonds is 3. The molecule has 0 spiro atoms. The number of likely N-dealkylation sites (tertiary alicyclic amines) is 1. The summed E-state index contributed by atoms with van der Waals surface area (Å²) in [4.78, 5) is 24.2. The van der Waals surface area contributed by atoms with E-state index in [9.17, 15) is 4.79 Å². The van der Waals surface area contributed by atoms with E-state index in [1.807, 2.05) is 17.0 Å². The summed E-state index contributed by atoms with van der Waals surface area (Å²) >= 11 is 0. The van der Waals surface area contributed by atoms with Crippen molar-refractivity contribution < 1.29 is 9.53 Å². The molecule has 28 heavy (non-hydrogen) atoms. The summed E-state index contributed by atoms with van der Waals surface area (Å²) in [6.07, 6.45) is 5.97. The lowest BCUT2D eigenvalue weighted by Crippen LogP contribution is -2.52. The molecular formula is C21H29N5O2. The predicted octanol–water partition coefficient (Wildman–Crippen LogP) is 1.49. The van der Waals surface area contributed by atoms with Crippen molar-refractivity contribution in [2.24, 2.45) is 5.92 Å². The van der Waals surface area contributed by atoms with Crippen LogP contribution in [0, 0.1) is 17.2 Å². The Kier molecular flexibility index (Phi) is 6.08. The van der Waals surface area contributed by atoms with Crippen molar-refractivity contribution in [2.45, 2.75) is 31.7 Å². The number of carbonyl (C=O) groups excluding carboxylic acids is 1. The van der Waals surface area contributed by atoms with Crippen LogP contribution in [0.15, 0.2) is 18.3 Å². The number of nitriles is 1. The van der Waals surface area contributed by atoms with E-state index in [2.05, 4.69) is 20.9 Å². The Labute approximate surface area is 166 Å². The van der Waals surface area contributed by atoms with Crippen molar-refractivity contribution in [1.82, 2.24) is 14.8 Å². The van der Waals surface area contributed by atoms with Gasteiger partial charge < -0.3 is 14.5 Å². The number of pyridine rings is 1. The summed E-state index contributed by atoms with van der Waals surface area (Å²) in [5.41, 5.74) is 0.600. The molecule has 1 atom stereocenters. The van der Waals surface area contributed by atoms with E-state index in [1.165, 1.54) is 0 Å². The lowest BCUT2D eigenvalue weighted by atomic mass is 9.92. The maximum absolute atomic E-state index is 12.9. The average Bonchev–Trinajstić information content (AvgIpc) is 2.79. The predicted molar refractivity (Wildman–Crippen MR) is 106 cm³/mol. The molecule has 0 bridgehead atoms. The Morgan fingerprint density at radius 2 is 1.89 bits per heavy atom. The fourth-order valence-corrected chi connectivity index (χ4v) is 4.68. The zero-order chi connectivity index (χ0) is 19.3. The minimum Gasteiger partial charge on any atom is -0.378 e. The molecule has 7 heteroatoms. The maximum Gasteiger partial charge on any atom is 0.227 e. The third-order valence-electron chi connectivity index (χ3n) is 6.31. The third-order valence-corrected chi connectivity index (χ3v) is 6.31. The molecule has 1 amide bonds. The van der Waals surface area contributed by atoms with Gasteiger partial charge >= 0.3 is 0 Å². The fraction of sp³-hybridized carbons (Fsp3) is 0.667. The van der Waals surface area contributed by atoms with E-state index in [4.69, 9.17) is 10.00 Å². The van der Waals surface area contributed by atoms with Gasteiger partial charge in [-0.2, -0.15) is 5.26 Å². The van der Waals surface area contributed by atoms with Gasteiger partial charge in [-0.25, -0.2) is 4.98 Å².